The third-order valence-corrected chi connectivity index (χ3v) is 4.83. The Labute approximate surface area is 153 Å². The molecule has 0 radical (unpaired) electrons. The van der Waals surface area contributed by atoms with E-state index >= 15 is 0 Å². The zero-order chi connectivity index (χ0) is 17.8. The molecule has 4 nitrogen and oxygen atoms in total. The molecule has 0 atom stereocenters. The van der Waals surface area contributed by atoms with Crippen LogP contribution in [0.4, 0.5) is 10.1 Å². The van der Waals surface area contributed by atoms with E-state index < -0.39 is 0 Å². The van der Waals surface area contributed by atoms with Crippen molar-refractivity contribution >= 4 is 5.69 Å². The van der Waals surface area contributed by atoms with Crippen LogP contribution in [0.15, 0.2) is 66.9 Å². The Morgan fingerprint density at radius 2 is 1.62 bits per heavy atom. The van der Waals surface area contributed by atoms with Crippen molar-refractivity contribution in [2.75, 3.05) is 31.1 Å². The third-order valence-electron chi connectivity index (χ3n) is 4.83. The second-order valence-corrected chi connectivity index (χ2v) is 6.68. The average Bonchev–Trinajstić information content (AvgIpc) is 3.02. The summed E-state index contributed by atoms with van der Waals surface area (Å²) in [7, 11) is 0. The van der Waals surface area contributed by atoms with E-state index in [2.05, 4.69) is 28.0 Å². The molecule has 0 spiro atoms. The summed E-state index contributed by atoms with van der Waals surface area (Å²) in [5, 5.41) is 4.71. The molecule has 5 heteroatoms. The van der Waals surface area contributed by atoms with Gasteiger partial charge in [0, 0.05) is 44.6 Å². The van der Waals surface area contributed by atoms with Gasteiger partial charge in [-0.2, -0.15) is 5.10 Å². The van der Waals surface area contributed by atoms with E-state index in [9.17, 15) is 4.39 Å². The molecular formula is C21H23FN4. The lowest BCUT2D eigenvalue weighted by Crippen LogP contribution is -2.30. The fraction of sp³-hybridized carbons (Fsp3) is 0.286. The lowest BCUT2D eigenvalue weighted by atomic mass is 10.2. The van der Waals surface area contributed by atoms with Gasteiger partial charge in [-0.15, -0.1) is 0 Å². The van der Waals surface area contributed by atoms with Gasteiger partial charge in [0.05, 0.1) is 11.4 Å². The molecule has 134 valence electrons. The predicted molar refractivity (Wildman–Crippen MR) is 102 cm³/mol. The van der Waals surface area contributed by atoms with Crippen LogP contribution in [0.25, 0.3) is 5.69 Å². The number of aromatic nitrogens is 2. The Hall–Kier alpha value is -2.66. The monoisotopic (exact) mass is 350 g/mol. The molecule has 1 fully saturated rings. The number of rotatable bonds is 4. The Morgan fingerprint density at radius 1 is 0.808 bits per heavy atom. The van der Waals surface area contributed by atoms with Gasteiger partial charge >= 0.3 is 0 Å². The van der Waals surface area contributed by atoms with Crippen molar-refractivity contribution in [3.63, 3.8) is 0 Å². The first-order valence-electron chi connectivity index (χ1n) is 9.11. The van der Waals surface area contributed by atoms with Gasteiger partial charge in [-0.1, -0.05) is 18.2 Å². The van der Waals surface area contributed by atoms with Crippen LogP contribution >= 0.6 is 0 Å². The number of hydrogen-bond donors (Lipinski definition) is 0. The van der Waals surface area contributed by atoms with Crippen molar-refractivity contribution < 1.29 is 4.39 Å². The van der Waals surface area contributed by atoms with Crippen LogP contribution in [-0.4, -0.2) is 40.9 Å². The minimum Gasteiger partial charge on any atom is -0.370 e. The van der Waals surface area contributed by atoms with E-state index in [-0.39, 0.29) is 5.82 Å². The van der Waals surface area contributed by atoms with Crippen molar-refractivity contribution in [1.82, 2.24) is 14.7 Å². The molecule has 2 aromatic carbocycles. The van der Waals surface area contributed by atoms with Crippen molar-refractivity contribution in [3.8, 4) is 5.69 Å². The molecule has 0 saturated carbocycles. The summed E-state index contributed by atoms with van der Waals surface area (Å²) in [6.45, 7) is 4.84. The summed E-state index contributed by atoms with van der Waals surface area (Å²) in [5.41, 5.74) is 3.27. The number of hydrogen-bond acceptors (Lipinski definition) is 3. The first kappa shape index (κ1) is 16.8. The number of halogens is 1. The zero-order valence-electron chi connectivity index (χ0n) is 14.8. The highest BCUT2D eigenvalue weighted by atomic mass is 19.1. The van der Waals surface area contributed by atoms with E-state index in [1.165, 1.54) is 12.1 Å². The zero-order valence-corrected chi connectivity index (χ0v) is 14.8. The predicted octanol–water partition coefficient (Wildman–Crippen LogP) is 3.72. The van der Waals surface area contributed by atoms with Crippen LogP contribution in [0.2, 0.25) is 0 Å². The van der Waals surface area contributed by atoms with Crippen LogP contribution in [0.5, 0.6) is 0 Å². The summed E-state index contributed by atoms with van der Waals surface area (Å²) in [6, 6.07) is 19.1. The summed E-state index contributed by atoms with van der Waals surface area (Å²) in [6.07, 6.45) is 3.12. The SMILES string of the molecule is Fc1ccc(N2CCCN(Cc3ccn(-c4ccccc4)n3)CC2)cc1. The van der Waals surface area contributed by atoms with Gasteiger partial charge < -0.3 is 4.90 Å². The molecule has 2 heterocycles. The molecule has 0 aliphatic carbocycles. The second kappa shape index (κ2) is 7.70. The Balaban J connectivity index is 1.38. The van der Waals surface area contributed by atoms with Crippen molar-refractivity contribution in [1.29, 1.82) is 0 Å². The molecule has 26 heavy (non-hydrogen) atoms. The second-order valence-electron chi connectivity index (χ2n) is 6.68. The summed E-state index contributed by atoms with van der Waals surface area (Å²) < 4.78 is 15.1. The maximum Gasteiger partial charge on any atom is 0.123 e. The summed E-state index contributed by atoms with van der Waals surface area (Å²) in [4.78, 5) is 4.78. The number of nitrogens with zero attached hydrogens (tertiary/aromatic N) is 4. The standard InChI is InChI=1S/C21H23FN4/c22-18-7-9-20(10-8-18)25-13-4-12-24(15-16-25)17-19-11-14-26(23-19)21-5-2-1-3-6-21/h1-3,5-11,14H,4,12-13,15-17H2. The Morgan fingerprint density at radius 3 is 2.42 bits per heavy atom. The molecule has 4 rings (SSSR count). The van der Waals surface area contributed by atoms with Gasteiger partial charge in [0.25, 0.3) is 0 Å². The highest BCUT2D eigenvalue weighted by molar-refractivity contribution is 5.46. The highest BCUT2D eigenvalue weighted by Crippen LogP contribution is 2.18. The molecule has 1 aliphatic heterocycles. The first-order chi connectivity index (χ1) is 12.8. The normalized spacial score (nSPS) is 15.8. The van der Waals surface area contributed by atoms with Crippen molar-refractivity contribution in [2.45, 2.75) is 13.0 Å². The van der Waals surface area contributed by atoms with E-state index in [0.717, 1.165) is 56.2 Å². The summed E-state index contributed by atoms with van der Waals surface area (Å²) in [5.74, 6) is -0.181. The van der Waals surface area contributed by atoms with E-state index in [4.69, 9.17) is 5.10 Å². The third kappa shape index (κ3) is 3.94. The lowest BCUT2D eigenvalue weighted by molar-refractivity contribution is 0.281. The Kier molecular flexibility index (Phi) is 4.97. The largest absolute Gasteiger partial charge is 0.370 e. The smallest absolute Gasteiger partial charge is 0.123 e. The van der Waals surface area contributed by atoms with Crippen molar-refractivity contribution in [3.05, 3.63) is 78.4 Å². The molecule has 1 saturated heterocycles. The first-order valence-corrected chi connectivity index (χ1v) is 9.11. The van der Waals surface area contributed by atoms with Crippen LogP contribution in [0.1, 0.15) is 12.1 Å². The van der Waals surface area contributed by atoms with E-state index in [1.807, 2.05) is 41.2 Å². The number of anilines is 1. The van der Waals surface area contributed by atoms with Crippen LogP contribution < -0.4 is 4.90 Å². The quantitative estimate of drug-likeness (QED) is 0.717. The van der Waals surface area contributed by atoms with Gasteiger partial charge in [0.2, 0.25) is 0 Å². The lowest BCUT2D eigenvalue weighted by Gasteiger charge is -2.23. The van der Waals surface area contributed by atoms with E-state index in [1.54, 1.807) is 0 Å². The molecule has 1 aliphatic rings. The minimum atomic E-state index is -0.181. The van der Waals surface area contributed by atoms with Crippen LogP contribution in [0, 0.1) is 5.82 Å². The van der Waals surface area contributed by atoms with Gasteiger partial charge in [0.1, 0.15) is 5.82 Å². The highest BCUT2D eigenvalue weighted by Gasteiger charge is 2.16. The topological polar surface area (TPSA) is 24.3 Å². The number of para-hydroxylation sites is 1. The van der Waals surface area contributed by atoms with Gasteiger partial charge in [-0.25, -0.2) is 9.07 Å². The molecule has 1 aromatic heterocycles. The number of benzene rings is 2. The Bertz CT molecular complexity index is 829. The average molecular weight is 350 g/mol. The van der Waals surface area contributed by atoms with Gasteiger partial charge in [0.15, 0.2) is 0 Å². The maximum atomic E-state index is 13.1. The minimum absolute atomic E-state index is 0.181. The van der Waals surface area contributed by atoms with Gasteiger partial charge in [-0.3, -0.25) is 4.90 Å². The van der Waals surface area contributed by atoms with Crippen LogP contribution in [0.3, 0.4) is 0 Å². The molecular weight excluding hydrogens is 327 g/mol. The fourth-order valence-electron chi connectivity index (χ4n) is 3.44. The molecule has 0 bridgehead atoms. The van der Waals surface area contributed by atoms with E-state index in [0.29, 0.717) is 0 Å². The molecule has 0 unspecified atom stereocenters. The molecule has 0 N–H and O–H groups in total. The maximum absolute atomic E-state index is 13.1. The summed E-state index contributed by atoms with van der Waals surface area (Å²) >= 11 is 0. The fourth-order valence-corrected chi connectivity index (χ4v) is 3.44. The molecule has 3 aromatic rings. The molecule has 0 amide bonds. The van der Waals surface area contributed by atoms with Crippen LogP contribution in [-0.2, 0) is 6.54 Å². The van der Waals surface area contributed by atoms with Gasteiger partial charge in [-0.05, 0) is 48.9 Å². The van der Waals surface area contributed by atoms with Crippen molar-refractivity contribution in [2.24, 2.45) is 0 Å².